The molecule has 0 aromatic heterocycles. The maximum Gasteiger partial charge on any atom is 0.255 e. The van der Waals surface area contributed by atoms with E-state index in [1.807, 2.05) is 24.1 Å². The fraction of sp³-hybridized carbons (Fsp3) is 0.250. The SMILES string of the molecule is COCC(=O)Nc1ccc(NC(=O)c2ccc(N3CCC(C)=N3)cc2)cc1. The third-order valence-electron chi connectivity index (χ3n) is 4.11. The molecule has 7 heteroatoms. The molecule has 0 saturated carbocycles. The third-order valence-corrected chi connectivity index (χ3v) is 4.11. The van der Waals surface area contributed by atoms with E-state index in [0.717, 1.165) is 24.4 Å². The Morgan fingerprint density at radius 3 is 2.22 bits per heavy atom. The predicted molar refractivity (Wildman–Crippen MR) is 106 cm³/mol. The number of amides is 2. The zero-order chi connectivity index (χ0) is 19.2. The molecular formula is C20H22N4O3. The normalized spacial score (nSPS) is 13.3. The van der Waals surface area contributed by atoms with Gasteiger partial charge in [-0.3, -0.25) is 14.6 Å². The number of rotatable bonds is 6. The van der Waals surface area contributed by atoms with E-state index in [9.17, 15) is 9.59 Å². The van der Waals surface area contributed by atoms with E-state index in [-0.39, 0.29) is 18.4 Å². The van der Waals surface area contributed by atoms with Gasteiger partial charge < -0.3 is 15.4 Å². The van der Waals surface area contributed by atoms with E-state index < -0.39 is 0 Å². The van der Waals surface area contributed by atoms with E-state index in [0.29, 0.717) is 16.9 Å². The van der Waals surface area contributed by atoms with Crippen molar-refractivity contribution in [3.05, 3.63) is 54.1 Å². The summed E-state index contributed by atoms with van der Waals surface area (Å²) in [6.07, 6.45) is 0.962. The fourth-order valence-electron chi connectivity index (χ4n) is 2.71. The molecule has 1 aliphatic rings. The van der Waals surface area contributed by atoms with Crippen LogP contribution in [0.3, 0.4) is 0 Å². The largest absolute Gasteiger partial charge is 0.375 e. The van der Waals surface area contributed by atoms with Crippen LogP contribution in [0.4, 0.5) is 17.1 Å². The van der Waals surface area contributed by atoms with Gasteiger partial charge in [-0.15, -0.1) is 0 Å². The van der Waals surface area contributed by atoms with Gasteiger partial charge in [-0.1, -0.05) is 0 Å². The molecule has 0 aliphatic carbocycles. The van der Waals surface area contributed by atoms with Gasteiger partial charge in [0.25, 0.3) is 5.91 Å². The van der Waals surface area contributed by atoms with E-state index in [1.165, 1.54) is 7.11 Å². The lowest BCUT2D eigenvalue weighted by Crippen LogP contribution is -2.17. The molecule has 0 unspecified atom stereocenters. The van der Waals surface area contributed by atoms with E-state index in [4.69, 9.17) is 4.74 Å². The molecule has 0 saturated heterocycles. The lowest BCUT2D eigenvalue weighted by atomic mass is 10.2. The molecule has 2 aromatic carbocycles. The highest BCUT2D eigenvalue weighted by Crippen LogP contribution is 2.21. The summed E-state index contributed by atoms with van der Waals surface area (Å²) in [6, 6.07) is 14.3. The quantitative estimate of drug-likeness (QED) is 0.823. The summed E-state index contributed by atoms with van der Waals surface area (Å²) in [5.74, 6) is -0.425. The summed E-state index contributed by atoms with van der Waals surface area (Å²) in [6.45, 7) is 2.87. The Balaban J connectivity index is 1.59. The topological polar surface area (TPSA) is 83.0 Å². The second-order valence-corrected chi connectivity index (χ2v) is 6.27. The van der Waals surface area contributed by atoms with Gasteiger partial charge >= 0.3 is 0 Å². The molecule has 7 nitrogen and oxygen atoms in total. The summed E-state index contributed by atoms with van der Waals surface area (Å²) in [5.41, 5.74) is 3.93. The summed E-state index contributed by atoms with van der Waals surface area (Å²) in [4.78, 5) is 23.9. The molecule has 2 amide bonds. The van der Waals surface area contributed by atoms with Crippen molar-refractivity contribution in [1.29, 1.82) is 0 Å². The van der Waals surface area contributed by atoms with Crippen LogP contribution in [0.5, 0.6) is 0 Å². The molecule has 0 radical (unpaired) electrons. The Morgan fingerprint density at radius 2 is 1.67 bits per heavy atom. The Labute approximate surface area is 158 Å². The predicted octanol–water partition coefficient (Wildman–Crippen LogP) is 3.11. The van der Waals surface area contributed by atoms with Gasteiger partial charge in [0, 0.05) is 42.7 Å². The minimum atomic E-state index is -0.230. The minimum Gasteiger partial charge on any atom is -0.375 e. The van der Waals surface area contributed by atoms with Crippen LogP contribution in [0.1, 0.15) is 23.7 Å². The number of hydrogen-bond acceptors (Lipinski definition) is 5. The molecule has 27 heavy (non-hydrogen) atoms. The van der Waals surface area contributed by atoms with Gasteiger partial charge in [0.2, 0.25) is 5.91 Å². The summed E-state index contributed by atoms with van der Waals surface area (Å²) >= 11 is 0. The number of methoxy groups -OCH3 is 1. The Bertz CT molecular complexity index is 845. The van der Waals surface area contributed by atoms with E-state index in [2.05, 4.69) is 15.7 Å². The van der Waals surface area contributed by atoms with Crippen molar-refractivity contribution in [1.82, 2.24) is 0 Å². The first kappa shape index (κ1) is 18.6. The van der Waals surface area contributed by atoms with Crippen molar-refractivity contribution in [3.8, 4) is 0 Å². The molecule has 2 N–H and O–H groups in total. The molecule has 0 spiro atoms. The maximum absolute atomic E-state index is 12.4. The average Bonchev–Trinajstić information content (AvgIpc) is 3.10. The van der Waals surface area contributed by atoms with Crippen LogP contribution in [0, 0.1) is 0 Å². The molecule has 3 rings (SSSR count). The second-order valence-electron chi connectivity index (χ2n) is 6.27. The lowest BCUT2D eigenvalue weighted by molar-refractivity contribution is -0.119. The molecule has 2 aromatic rings. The Hall–Kier alpha value is -3.19. The zero-order valence-electron chi connectivity index (χ0n) is 15.4. The number of carbonyl (C=O) groups excluding carboxylic acids is 2. The Kier molecular flexibility index (Phi) is 5.83. The number of nitrogens with one attached hydrogen (secondary N) is 2. The first-order valence-electron chi connectivity index (χ1n) is 8.67. The molecular weight excluding hydrogens is 344 g/mol. The van der Waals surface area contributed by atoms with Crippen LogP contribution in [-0.4, -0.2) is 37.8 Å². The van der Waals surface area contributed by atoms with Crippen LogP contribution >= 0.6 is 0 Å². The summed E-state index contributed by atoms with van der Waals surface area (Å²) in [5, 5.41) is 11.9. The summed E-state index contributed by atoms with van der Waals surface area (Å²) < 4.78 is 4.77. The van der Waals surface area contributed by atoms with E-state index in [1.54, 1.807) is 36.4 Å². The van der Waals surface area contributed by atoms with Crippen molar-refractivity contribution >= 4 is 34.6 Å². The highest BCUT2D eigenvalue weighted by Gasteiger charge is 2.13. The monoisotopic (exact) mass is 366 g/mol. The van der Waals surface area contributed by atoms with E-state index >= 15 is 0 Å². The van der Waals surface area contributed by atoms with Crippen molar-refractivity contribution < 1.29 is 14.3 Å². The van der Waals surface area contributed by atoms with Crippen molar-refractivity contribution in [2.24, 2.45) is 5.10 Å². The third kappa shape index (κ3) is 4.92. The number of hydrazone groups is 1. The smallest absolute Gasteiger partial charge is 0.255 e. The number of benzene rings is 2. The number of hydrogen-bond donors (Lipinski definition) is 2. The van der Waals surface area contributed by atoms with Gasteiger partial charge in [-0.05, 0) is 55.5 Å². The van der Waals surface area contributed by atoms with Gasteiger partial charge in [0.15, 0.2) is 0 Å². The highest BCUT2D eigenvalue weighted by atomic mass is 16.5. The van der Waals surface area contributed by atoms with Gasteiger partial charge in [-0.25, -0.2) is 0 Å². The first-order chi connectivity index (χ1) is 13.0. The fourth-order valence-corrected chi connectivity index (χ4v) is 2.71. The maximum atomic E-state index is 12.4. The number of carbonyl (C=O) groups is 2. The lowest BCUT2D eigenvalue weighted by Gasteiger charge is -2.14. The first-order valence-corrected chi connectivity index (χ1v) is 8.67. The van der Waals surface area contributed by atoms with Crippen molar-refractivity contribution in [2.75, 3.05) is 35.9 Å². The van der Waals surface area contributed by atoms with Crippen molar-refractivity contribution in [2.45, 2.75) is 13.3 Å². The number of ether oxygens (including phenoxy) is 1. The molecule has 1 heterocycles. The van der Waals surface area contributed by atoms with Crippen LogP contribution < -0.4 is 15.6 Å². The average molecular weight is 366 g/mol. The molecule has 0 atom stereocenters. The van der Waals surface area contributed by atoms with Crippen LogP contribution in [0.25, 0.3) is 0 Å². The zero-order valence-corrected chi connectivity index (χ0v) is 15.4. The van der Waals surface area contributed by atoms with Crippen LogP contribution in [0.2, 0.25) is 0 Å². The second kappa shape index (κ2) is 8.46. The number of anilines is 3. The highest BCUT2D eigenvalue weighted by molar-refractivity contribution is 6.04. The van der Waals surface area contributed by atoms with Crippen LogP contribution in [-0.2, 0) is 9.53 Å². The standard InChI is InChI=1S/C20H22N4O3/c1-14-11-12-24(23-14)18-9-3-15(4-10-18)20(26)22-17-7-5-16(6-8-17)21-19(25)13-27-2/h3-10H,11-13H2,1-2H3,(H,21,25)(H,22,26). The van der Waals surface area contributed by atoms with Crippen molar-refractivity contribution in [3.63, 3.8) is 0 Å². The summed E-state index contributed by atoms with van der Waals surface area (Å²) in [7, 11) is 1.46. The van der Waals surface area contributed by atoms with Crippen LogP contribution in [0.15, 0.2) is 53.6 Å². The van der Waals surface area contributed by atoms with Gasteiger partial charge in [-0.2, -0.15) is 5.10 Å². The number of nitrogens with zero attached hydrogens (tertiary/aromatic N) is 2. The minimum absolute atomic E-state index is 0.00318. The molecule has 0 bridgehead atoms. The molecule has 1 aliphatic heterocycles. The Morgan fingerprint density at radius 1 is 1.04 bits per heavy atom. The van der Waals surface area contributed by atoms with Gasteiger partial charge in [0.05, 0.1) is 5.69 Å². The molecule has 0 fully saturated rings. The molecule has 140 valence electrons. The van der Waals surface area contributed by atoms with Gasteiger partial charge in [0.1, 0.15) is 6.61 Å².